The molecule has 0 aliphatic heterocycles. The summed E-state index contributed by atoms with van der Waals surface area (Å²) in [5.41, 5.74) is -0.121. The van der Waals surface area contributed by atoms with E-state index in [0.717, 1.165) is 0 Å². The lowest BCUT2D eigenvalue weighted by Crippen LogP contribution is -2.42. The summed E-state index contributed by atoms with van der Waals surface area (Å²) in [6, 6.07) is 6.67. The van der Waals surface area contributed by atoms with Gasteiger partial charge in [0.15, 0.2) is 0 Å². The van der Waals surface area contributed by atoms with Crippen LogP contribution in [-0.4, -0.2) is 16.6 Å². The molecule has 1 atom stereocenters. The summed E-state index contributed by atoms with van der Waals surface area (Å²) in [6.45, 7) is 3.36. The fraction of sp³-hybridized carbons (Fsp3) is 0.333. The Morgan fingerprint density at radius 3 is 2.71 bits per heavy atom. The van der Waals surface area contributed by atoms with Crippen LogP contribution in [0.2, 0.25) is 5.02 Å². The second-order valence-corrected chi connectivity index (χ2v) is 4.33. The number of nitrogens with zero attached hydrogens (tertiary/aromatic N) is 1. The highest BCUT2D eigenvalue weighted by Crippen LogP contribution is 2.27. The Morgan fingerprint density at radius 1 is 1.65 bits per heavy atom. The van der Waals surface area contributed by atoms with E-state index in [1.807, 2.05) is 6.07 Å². The molecule has 4 nitrogen and oxygen atoms in total. The maximum absolute atomic E-state index is 11.1. The number of rotatable bonds is 4. The maximum Gasteiger partial charge on any atom is 0.329 e. The maximum atomic E-state index is 11.1. The van der Waals surface area contributed by atoms with Crippen LogP contribution in [0, 0.1) is 11.3 Å². The number of aliphatic carboxylic acids is 1. The van der Waals surface area contributed by atoms with E-state index in [0.29, 0.717) is 22.7 Å². The van der Waals surface area contributed by atoms with Crippen molar-refractivity contribution in [2.45, 2.75) is 25.8 Å². The van der Waals surface area contributed by atoms with Gasteiger partial charge in [-0.2, -0.15) is 5.26 Å². The number of carbonyl (C=O) groups is 1. The third kappa shape index (κ3) is 2.89. The van der Waals surface area contributed by atoms with Gasteiger partial charge in [0.25, 0.3) is 0 Å². The average Bonchev–Trinajstić information content (AvgIpc) is 2.31. The Labute approximate surface area is 105 Å². The SMILES string of the molecule is CCC(C)(Nc1ccc(C#N)cc1Cl)C(=O)O. The van der Waals surface area contributed by atoms with Gasteiger partial charge in [-0.25, -0.2) is 4.79 Å². The van der Waals surface area contributed by atoms with E-state index >= 15 is 0 Å². The first-order valence-electron chi connectivity index (χ1n) is 5.14. The highest BCUT2D eigenvalue weighted by atomic mass is 35.5. The second-order valence-electron chi connectivity index (χ2n) is 3.92. The fourth-order valence-electron chi connectivity index (χ4n) is 1.28. The molecule has 2 N–H and O–H groups in total. The van der Waals surface area contributed by atoms with E-state index in [4.69, 9.17) is 22.0 Å². The summed E-state index contributed by atoms with van der Waals surface area (Å²) in [7, 11) is 0. The van der Waals surface area contributed by atoms with Crippen molar-refractivity contribution in [2.75, 3.05) is 5.32 Å². The first-order chi connectivity index (χ1) is 7.92. The number of halogens is 1. The van der Waals surface area contributed by atoms with E-state index in [1.54, 1.807) is 26.0 Å². The molecule has 0 heterocycles. The number of hydrogen-bond acceptors (Lipinski definition) is 3. The van der Waals surface area contributed by atoms with Gasteiger partial charge in [0.05, 0.1) is 22.3 Å². The zero-order valence-corrected chi connectivity index (χ0v) is 10.4. The van der Waals surface area contributed by atoms with Crippen LogP contribution in [0.1, 0.15) is 25.8 Å². The normalized spacial score (nSPS) is 13.5. The van der Waals surface area contributed by atoms with E-state index in [-0.39, 0.29) is 0 Å². The Morgan fingerprint density at radius 2 is 2.29 bits per heavy atom. The zero-order valence-electron chi connectivity index (χ0n) is 9.62. The summed E-state index contributed by atoms with van der Waals surface area (Å²) in [5.74, 6) is -0.944. The number of anilines is 1. The number of carboxylic acid groups (broad SMARTS) is 1. The molecule has 0 amide bonds. The largest absolute Gasteiger partial charge is 0.480 e. The molecule has 1 aromatic rings. The molecule has 0 aliphatic rings. The van der Waals surface area contributed by atoms with Crippen LogP contribution in [-0.2, 0) is 4.79 Å². The van der Waals surface area contributed by atoms with Crippen LogP contribution in [0.15, 0.2) is 18.2 Å². The van der Waals surface area contributed by atoms with Crippen LogP contribution in [0.4, 0.5) is 5.69 Å². The van der Waals surface area contributed by atoms with Crippen molar-refractivity contribution in [3.8, 4) is 6.07 Å². The van der Waals surface area contributed by atoms with Gasteiger partial charge >= 0.3 is 5.97 Å². The van der Waals surface area contributed by atoms with Crippen molar-refractivity contribution in [3.05, 3.63) is 28.8 Å². The summed E-state index contributed by atoms with van der Waals surface area (Å²) in [6.07, 6.45) is 0.415. The Hall–Kier alpha value is -1.73. The number of nitrogens with one attached hydrogen (secondary N) is 1. The van der Waals surface area contributed by atoms with Crippen LogP contribution >= 0.6 is 11.6 Å². The molecule has 0 radical (unpaired) electrons. The molecule has 0 saturated heterocycles. The Bertz CT molecular complexity index is 482. The quantitative estimate of drug-likeness (QED) is 0.864. The molecule has 1 rings (SSSR count). The molecular formula is C12H13ClN2O2. The van der Waals surface area contributed by atoms with Gasteiger partial charge in [0, 0.05) is 0 Å². The predicted molar refractivity (Wildman–Crippen MR) is 66.1 cm³/mol. The topological polar surface area (TPSA) is 73.1 Å². The molecular weight excluding hydrogens is 240 g/mol. The molecule has 0 fully saturated rings. The van der Waals surface area contributed by atoms with E-state index < -0.39 is 11.5 Å². The van der Waals surface area contributed by atoms with E-state index in [1.165, 1.54) is 6.07 Å². The van der Waals surface area contributed by atoms with Crippen LogP contribution in [0.5, 0.6) is 0 Å². The third-order valence-corrected chi connectivity index (χ3v) is 3.00. The molecule has 0 aliphatic carbocycles. The van der Waals surface area contributed by atoms with Crippen molar-refractivity contribution < 1.29 is 9.90 Å². The molecule has 0 spiro atoms. The molecule has 1 unspecified atom stereocenters. The predicted octanol–water partition coefficient (Wildman–Crippen LogP) is 2.88. The van der Waals surface area contributed by atoms with Crippen molar-refractivity contribution in [3.63, 3.8) is 0 Å². The fourth-order valence-corrected chi connectivity index (χ4v) is 1.50. The minimum absolute atomic E-state index is 0.338. The van der Waals surface area contributed by atoms with E-state index in [2.05, 4.69) is 5.32 Å². The average molecular weight is 253 g/mol. The first kappa shape index (κ1) is 13.3. The molecule has 1 aromatic carbocycles. The smallest absolute Gasteiger partial charge is 0.329 e. The summed E-state index contributed by atoms with van der Waals surface area (Å²) in [4.78, 5) is 11.1. The van der Waals surface area contributed by atoms with Crippen molar-refractivity contribution in [1.29, 1.82) is 5.26 Å². The lowest BCUT2D eigenvalue weighted by molar-refractivity contribution is -0.141. The van der Waals surface area contributed by atoms with Crippen LogP contribution in [0.25, 0.3) is 0 Å². The van der Waals surface area contributed by atoms with Crippen molar-refractivity contribution in [1.82, 2.24) is 0 Å². The van der Waals surface area contributed by atoms with Crippen LogP contribution < -0.4 is 5.32 Å². The van der Waals surface area contributed by atoms with Crippen molar-refractivity contribution >= 4 is 23.3 Å². The number of hydrogen-bond donors (Lipinski definition) is 2. The van der Waals surface area contributed by atoms with Gasteiger partial charge < -0.3 is 10.4 Å². The van der Waals surface area contributed by atoms with Gasteiger partial charge in [-0.1, -0.05) is 18.5 Å². The minimum atomic E-state index is -1.07. The molecule has 0 bridgehead atoms. The Balaban J connectivity index is 3.04. The highest BCUT2D eigenvalue weighted by molar-refractivity contribution is 6.33. The van der Waals surface area contributed by atoms with Crippen molar-refractivity contribution in [2.24, 2.45) is 0 Å². The zero-order chi connectivity index (χ0) is 13.1. The highest BCUT2D eigenvalue weighted by Gasteiger charge is 2.31. The second kappa shape index (κ2) is 5.07. The summed E-state index contributed by atoms with van der Waals surface area (Å²) >= 11 is 5.97. The summed E-state index contributed by atoms with van der Waals surface area (Å²) < 4.78 is 0. The van der Waals surface area contributed by atoms with Gasteiger partial charge in [0.1, 0.15) is 5.54 Å². The minimum Gasteiger partial charge on any atom is -0.480 e. The Kier molecular flexibility index (Phi) is 3.97. The third-order valence-electron chi connectivity index (χ3n) is 2.69. The van der Waals surface area contributed by atoms with Gasteiger partial charge in [-0.15, -0.1) is 0 Å². The summed E-state index contributed by atoms with van der Waals surface area (Å²) in [5, 5.41) is 21.0. The molecule has 5 heteroatoms. The van der Waals surface area contributed by atoms with Gasteiger partial charge in [-0.05, 0) is 31.5 Å². The standard InChI is InChI=1S/C12H13ClN2O2/c1-3-12(2,11(16)17)15-10-5-4-8(7-14)6-9(10)13/h4-6,15H,3H2,1-2H3,(H,16,17). The first-order valence-corrected chi connectivity index (χ1v) is 5.52. The molecule has 0 aromatic heterocycles. The van der Waals surface area contributed by atoms with E-state index in [9.17, 15) is 4.79 Å². The molecule has 0 saturated carbocycles. The lowest BCUT2D eigenvalue weighted by atomic mass is 9.98. The lowest BCUT2D eigenvalue weighted by Gasteiger charge is -2.26. The van der Waals surface area contributed by atoms with Crippen LogP contribution in [0.3, 0.4) is 0 Å². The number of nitriles is 1. The monoisotopic (exact) mass is 252 g/mol. The van der Waals surface area contributed by atoms with Gasteiger partial charge in [-0.3, -0.25) is 0 Å². The van der Waals surface area contributed by atoms with Gasteiger partial charge in [0.2, 0.25) is 0 Å². The number of carboxylic acids is 1. The molecule has 90 valence electrons. The molecule has 17 heavy (non-hydrogen) atoms. The number of benzene rings is 1.